The average molecular weight is 243 g/mol. The van der Waals surface area contributed by atoms with E-state index in [9.17, 15) is 18.4 Å². The molecule has 0 aliphatic carbocycles. The normalized spacial score (nSPS) is 11.9. The molecule has 17 heavy (non-hydrogen) atoms. The van der Waals surface area contributed by atoms with E-state index in [0.29, 0.717) is 6.07 Å². The number of nitrogens with one attached hydrogen (secondary N) is 1. The van der Waals surface area contributed by atoms with Gasteiger partial charge >= 0.3 is 5.97 Å². The smallest absolute Gasteiger partial charge is 0.326 e. The molecule has 0 aliphatic rings. The second-order valence-electron chi connectivity index (χ2n) is 3.57. The fraction of sp³-hybridized carbons (Fsp3) is 0.273. The van der Waals surface area contributed by atoms with Crippen LogP contribution >= 0.6 is 0 Å². The molecule has 0 saturated heterocycles. The second-order valence-corrected chi connectivity index (χ2v) is 3.57. The Morgan fingerprint density at radius 1 is 1.29 bits per heavy atom. The zero-order chi connectivity index (χ0) is 13.0. The van der Waals surface area contributed by atoms with Gasteiger partial charge in [-0.3, -0.25) is 4.79 Å². The summed E-state index contributed by atoms with van der Waals surface area (Å²) in [7, 11) is 0. The van der Waals surface area contributed by atoms with E-state index in [-0.39, 0.29) is 12.0 Å². The van der Waals surface area contributed by atoms with Crippen molar-refractivity contribution in [1.82, 2.24) is 5.32 Å². The van der Waals surface area contributed by atoms with E-state index in [1.807, 2.05) is 0 Å². The van der Waals surface area contributed by atoms with E-state index in [4.69, 9.17) is 5.11 Å². The van der Waals surface area contributed by atoms with Gasteiger partial charge in [0.25, 0.3) is 0 Å². The summed E-state index contributed by atoms with van der Waals surface area (Å²) in [5, 5.41) is 11.0. The van der Waals surface area contributed by atoms with Crippen LogP contribution in [-0.2, 0) is 16.0 Å². The highest BCUT2D eigenvalue weighted by molar-refractivity contribution is 5.82. The van der Waals surface area contributed by atoms with Crippen molar-refractivity contribution in [1.29, 1.82) is 0 Å². The molecule has 0 fully saturated rings. The monoisotopic (exact) mass is 243 g/mol. The van der Waals surface area contributed by atoms with Crippen LogP contribution in [-0.4, -0.2) is 23.0 Å². The summed E-state index contributed by atoms with van der Waals surface area (Å²) in [4.78, 5) is 21.6. The van der Waals surface area contributed by atoms with Gasteiger partial charge in [0, 0.05) is 19.4 Å². The first-order valence-corrected chi connectivity index (χ1v) is 4.83. The highest BCUT2D eigenvalue weighted by atomic mass is 19.1. The van der Waals surface area contributed by atoms with E-state index in [2.05, 4.69) is 5.32 Å². The highest BCUT2D eigenvalue weighted by Gasteiger charge is 2.19. The van der Waals surface area contributed by atoms with Crippen molar-refractivity contribution in [3.63, 3.8) is 0 Å². The van der Waals surface area contributed by atoms with Gasteiger partial charge < -0.3 is 10.4 Å². The molecule has 0 saturated carbocycles. The molecule has 0 aliphatic heterocycles. The first kappa shape index (κ1) is 13.1. The maximum Gasteiger partial charge on any atom is 0.326 e. The topological polar surface area (TPSA) is 66.4 Å². The molecule has 1 amide bonds. The Hall–Kier alpha value is -1.98. The van der Waals surface area contributed by atoms with Crippen LogP contribution in [0.5, 0.6) is 0 Å². The second kappa shape index (κ2) is 5.38. The van der Waals surface area contributed by atoms with Crippen LogP contribution < -0.4 is 5.32 Å². The zero-order valence-electron chi connectivity index (χ0n) is 9.04. The summed E-state index contributed by atoms with van der Waals surface area (Å²) in [5.41, 5.74) is 0.170. The molecule has 0 heterocycles. The summed E-state index contributed by atoms with van der Waals surface area (Å²) in [6.45, 7) is 1.17. The number of halogens is 2. The van der Waals surface area contributed by atoms with Crippen molar-refractivity contribution in [2.24, 2.45) is 0 Å². The van der Waals surface area contributed by atoms with Gasteiger partial charge in [0.2, 0.25) is 5.91 Å². The van der Waals surface area contributed by atoms with Crippen LogP contribution in [0.15, 0.2) is 18.2 Å². The first-order valence-electron chi connectivity index (χ1n) is 4.83. The van der Waals surface area contributed by atoms with Gasteiger partial charge in [0.15, 0.2) is 0 Å². The Balaban J connectivity index is 2.85. The lowest BCUT2D eigenvalue weighted by atomic mass is 10.1. The Labute approximate surface area is 96.3 Å². The lowest BCUT2D eigenvalue weighted by Crippen LogP contribution is -2.41. The molecular formula is C11H11F2NO3. The first-order chi connectivity index (χ1) is 7.88. The predicted molar refractivity (Wildman–Crippen MR) is 55.3 cm³/mol. The number of benzene rings is 1. The van der Waals surface area contributed by atoms with Crippen LogP contribution in [0, 0.1) is 11.6 Å². The van der Waals surface area contributed by atoms with Gasteiger partial charge in [0.05, 0.1) is 0 Å². The maximum atomic E-state index is 12.9. The number of rotatable bonds is 4. The Kier molecular flexibility index (Phi) is 4.14. The van der Waals surface area contributed by atoms with Crippen molar-refractivity contribution in [3.05, 3.63) is 35.4 Å². The van der Waals surface area contributed by atoms with E-state index in [1.54, 1.807) is 0 Å². The SMILES string of the molecule is CC(=O)NC(Cc1cc(F)cc(F)c1)C(=O)O. The predicted octanol–water partition coefficient (Wildman–Crippen LogP) is 1.10. The standard InChI is InChI=1S/C11H11F2NO3/c1-6(15)14-10(11(16)17)4-7-2-8(12)5-9(13)3-7/h2-3,5,10H,4H2,1H3,(H,14,15)(H,16,17). The van der Waals surface area contributed by atoms with Crippen molar-refractivity contribution < 1.29 is 23.5 Å². The summed E-state index contributed by atoms with van der Waals surface area (Å²) in [6, 6.07) is 1.55. The van der Waals surface area contributed by atoms with Crippen molar-refractivity contribution in [3.8, 4) is 0 Å². The minimum absolute atomic E-state index is 0.170. The summed E-state index contributed by atoms with van der Waals surface area (Å²) in [5.74, 6) is -3.35. The molecule has 92 valence electrons. The average Bonchev–Trinajstić information content (AvgIpc) is 2.13. The third-order valence-electron chi connectivity index (χ3n) is 2.04. The number of carbonyl (C=O) groups is 2. The van der Waals surface area contributed by atoms with Crippen molar-refractivity contribution in [2.45, 2.75) is 19.4 Å². The molecule has 6 heteroatoms. The van der Waals surface area contributed by atoms with Crippen LogP contribution in [0.3, 0.4) is 0 Å². The van der Waals surface area contributed by atoms with Gasteiger partial charge in [0.1, 0.15) is 17.7 Å². The number of amides is 1. The van der Waals surface area contributed by atoms with Gasteiger partial charge in [-0.2, -0.15) is 0 Å². The van der Waals surface area contributed by atoms with E-state index < -0.39 is 29.6 Å². The summed E-state index contributed by atoms with van der Waals surface area (Å²) in [6.07, 6.45) is -0.177. The largest absolute Gasteiger partial charge is 0.480 e. The van der Waals surface area contributed by atoms with Crippen LogP contribution in [0.2, 0.25) is 0 Å². The number of carbonyl (C=O) groups excluding carboxylic acids is 1. The molecule has 1 aromatic rings. The van der Waals surface area contributed by atoms with E-state index in [0.717, 1.165) is 12.1 Å². The Bertz CT molecular complexity index is 428. The Morgan fingerprint density at radius 2 is 1.82 bits per heavy atom. The third kappa shape index (κ3) is 4.18. The molecule has 0 spiro atoms. The lowest BCUT2D eigenvalue weighted by Gasteiger charge is -2.13. The fourth-order valence-corrected chi connectivity index (χ4v) is 1.41. The molecule has 4 nitrogen and oxygen atoms in total. The minimum atomic E-state index is -1.26. The van der Waals surface area contributed by atoms with Gasteiger partial charge in [-0.1, -0.05) is 0 Å². The molecule has 1 rings (SSSR count). The number of carboxylic acid groups (broad SMARTS) is 1. The molecule has 1 unspecified atom stereocenters. The summed E-state index contributed by atoms with van der Waals surface area (Å²) < 4.78 is 25.7. The van der Waals surface area contributed by atoms with Crippen molar-refractivity contribution in [2.75, 3.05) is 0 Å². The van der Waals surface area contributed by atoms with Crippen molar-refractivity contribution >= 4 is 11.9 Å². The van der Waals surface area contributed by atoms with E-state index in [1.165, 1.54) is 6.92 Å². The maximum absolute atomic E-state index is 12.9. The number of hydrogen-bond donors (Lipinski definition) is 2. The Morgan fingerprint density at radius 3 is 2.24 bits per heavy atom. The highest BCUT2D eigenvalue weighted by Crippen LogP contribution is 2.10. The molecule has 1 atom stereocenters. The minimum Gasteiger partial charge on any atom is -0.480 e. The van der Waals surface area contributed by atoms with Crippen LogP contribution in [0.25, 0.3) is 0 Å². The van der Waals surface area contributed by atoms with Gasteiger partial charge in [-0.05, 0) is 17.7 Å². The molecule has 2 N–H and O–H groups in total. The molecule has 0 aromatic heterocycles. The molecule has 1 aromatic carbocycles. The number of carboxylic acids is 1. The van der Waals surface area contributed by atoms with E-state index >= 15 is 0 Å². The summed E-state index contributed by atoms with van der Waals surface area (Å²) >= 11 is 0. The van der Waals surface area contributed by atoms with Gasteiger partial charge in [-0.25, -0.2) is 13.6 Å². The van der Waals surface area contributed by atoms with Gasteiger partial charge in [-0.15, -0.1) is 0 Å². The quantitative estimate of drug-likeness (QED) is 0.832. The fourth-order valence-electron chi connectivity index (χ4n) is 1.41. The molecule has 0 radical (unpaired) electrons. The molecular weight excluding hydrogens is 232 g/mol. The zero-order valence-corrected chi connectivity index (χ0v) is 9.04. The van der Waals surface area contributed by atoms with Crippen LogP contribution in [0.1, 0.15) is 12.5 Å². The number of aliphatic carboxylic acids is 1. The van der Waals surface area contributed by atoms with Crippen LogP contribution in [0.4, 0.5) is 8.78 Å². The third-order valence-corrected chi connectivity index (χ3v) is 2.04. The molecule has 0 bridgehead atoms. The number of hydrogen-bond acceptors (Lipinski definition) is 2. The lowest BCUT2D eigenvalue weighted by molar-refractivity contribution is -0.141.